The van der Waals surface area contributed by atoms with Gasteiger partial charge in [-0.05, 0) is 122 Å². The minimum Gasteiger partial charge on any atom is -0.465 e. The van der Waals surface area contributed by atoms with E-state index in [2.05, 4.69) is 59.9 Å². The summed E-state index contributed by atoms with van der Waals surface area (Å²) in [5, 5.41) is 50.7. The van der Waals surface area contributed by atoms with Crippen LogP contribution in [-0.4, -0.2) is 73.6 Å². The largest absolute Gasteiger partial charge is 0.465 e. The molecule has 320 valence electrons. The van der Waals surface area contributed by atoms with Crippen LogP contribution in [0.2, 0.25) is 5.15 Å². The molecule has 4 fully saturated rings. The standard InChI is InChI=1S/C28H48O6.C12H10ClN3O.C4H5NO2/c1-14(2)15(3)24(31)25(32)16(4)18-7-8-19-17-13-34-26(33)21-11-22(29)23(30)12-28(21,6)20(17)9-10-27(18,19)5;13-11-8-10(6-7-14-11)16-12(17)15-9-4-2-1-3-5-9;1-3-2-4(6)5-7-3/h14-25,29-32H,7-13H2,1-6H3;1-8H,(H2,14,15,16,17);2H,1H3,(H,5,6)/t15-,16-,17-,18+,19-,20-,21+,22-,23+,24+,25+,27+,28+;;/m0../s1. The Bertz CT molecular complexity index is 1870. The number of aromatic amines is 1. The van der Waals surface area contributed by atoms with Crippen molar-refractivity contribution < 1.29 is 39.3 Å². The lowest BCUT2D eigenvalue weighted by Gasteiger charge is -2.56. The number of ether oxygens (including phenoxy) is 1. The van der Waals surface area contributed by atoms with Gasteiger partial charge in [0, 0.05) is 23.6 Å². The molecule has 0 bridgehead atoms. The molecular formula is C44H63ClN4O9. The number of hydrogen-bond acceptors (Lipinski definition) is 10. The third-order valence-electron chi connectivity index (χ3n) is 14.2. The van der Waals surface area contributed by atoms with Crippen molar-refractivity contribution in [3.63, 3.8) is 0 Å². The van der Waals surface area contributed by atoms with Crippen LogP contribution < -0.4 is 16.2 Å². The first kappa shape index (κ1) is 45.3. The quantitative estimate of drug-likeness (QED) is 0.0955. The average molecular weight is 827 g/mol. The number of fused-ring (bicyclic) bond motifs is 5. The summed E-state index contributed by atoms with van der Waals surface area (Å²) in [6.07, 6.45) is 3.14. The Morgan fingerprint density at radius 3 is 2.19 bits per heavy atom. The number of anilines is 2. The number of hydrogen-bond donors (Lipinski definition) is 7. The number of aliphatic hydroxyl groups is 4. The minimum atomic E-state index is -0.867. The van der Waals surface area contributed by atoms with Gasteiger partial charge in [0.05, 0.1) is 36.9 Å². The smallest absolute Gasteiger partial charge is 0.323 e. The Morgan fingerprint density at radius 2 is 1.59 bits per heavy atom. The Morgan fingerprint density at radius 1 is 0.914 bits per heavy atom. The number of para-hydroxylation sites is 1. The van der Waals surface area contributed by atoms with Crippen molar-refractivity contribution in [2.24, 2.45) is 58.2 Å². The van der Waals surface area contributed by atoms with E-state index in [9.17, 15) is 34.8 Å². The molecule has 7 N–H and O–H groups in total. The number of aryl methyl sites for hydroxylation is 1. The lowest BCUT2D eigenvalue weighted by Crippen LogP contribution is -2.55. The Hall–Kier alpha value is -3.75. The molecule has 1 aliphatic heterocycles. The van der Waals surface area contributed by atoms with Gasteiger partial charge in [-0.25, -0.2) is 9.78 Å². The number of nitrogens with one attached hydrogen (secondary N) is 3. The molecule has 0 unspecified atom stereocenters. The zero-order chi connectivity index (χ0) is 42.5. The van der Waals surface area contributed by atoms with Gasteiger partial charge in [-0.3, -0.25) is 9.59 Å². The molecular weight excluding hydrogens is 764 g/mol. The maximum absolute atomic E-state index is 13.0. The fourth-order valence-electron chi connectivity index (χ4n) is 10.6. The van der Waals surface area contributed by atoms with E-state index in [0.717, 1.165) is 31.4 Å². The molecule has 0 spiro atoms. The second kappa shape index (κ2) is 19.1. The van der Waals surface area contributed by atoms with Gasteiger partial charge in [0.1, 0.15) is 10.9 Å². The molecule has 14 heteroatoms. The summed E-state index contributed by atoms with van der Waals surface area (Å²) in [7, 11) is 0. The second-order valence-corrected chi connectivity index (χ2v) is 18.3. The van der Waals surface area contributed by atoms with Gasteiger partial charge in [-0.2, -0.15) is 5.16 Å². The molecule has 13 nitrogen and oxygen atoms in total. The van der Waals surface area contributed by atoms with E-state index in [1.54, 1.807) is 31.2 Å². The Labute approximate surface area is 346 Å². The summed E-state index contributed by atoms with van der Waals surface area (Å²) < 4.78 is 10.4. The van der Waals surface area contributed by atoms with Crippen molar-refractivity contribution in [2.45, 2.75) is 111 Å². The summed E-state index contributed by atoms with van der Waals surface area (Å²) in [4.78, 5) is 38.6. The zero-order valence-electron chi connectivity index (χ0n) is 34.7. The summed E-state index contributed by atoms with van der Waals surface area (Å²) >= 11 is 5.71. The normalized spacial score (nSPS) is 32.2. The minimum absolute atomic E-state index is 0.00827. The van der Waals surface area contributed by atoms with Crippen molar-refractivity contribution >= 4 is 35.0 Å². The van der Waals surface area contributed by atoms with E-state index in [0.29, 0.717) is 47.4 Å². The van der Waals surface area contributed by atoms with E-state index in [1.807, 2.05) is 25.1 Å². The highest BCUT2D eigenvalue weighted by molar-refractivity contribution is 6.29. The number of pyridine rings is 1. The molecule has 2 aromatic heterocycles. The van der Waals surface area contributed by atoms with Crippen molar-refractivity contribution in [3.8, 4) is 0 Å². The summed E-state index contributed by atoms with van der Waals surface area (Å²) in [5.74, 6) is 1.56. The van der Waals surface area contributed by atoms with Gasteiger partial charge in [-0.15, -0.1) is 0 Å². The average Bonchev–Trinajstić information content (AvgIpc) is 3.72. The van der Waals surface area contributed by atoms with E-state index < -0.39 is 24.4 Å². The first-order chi connectivity index (χ1) is 27.3. The fraction of sp³-hybridized carbons (Fsp3) is 0.636. The van der Waals surface area contributed by atoms with Crippen molar-refractivity contribution in [1.29, 1.82) is 0 Å². The molecule has 3 aromatic rings. The van der Waals surface area contributed by atoms with Gasteiger partial charge in [0.2, 0.25) is 0 Å². The van der Waals surface area contributed by atoms with Crippen LogP contribution in [0, 0.1) is 65.1 Å². The van der Waals surface area contributed by atoms with Crippen molar-refractivity contribution in [3.05, 3.63) is 76.0 Å². The predicted molar refractivity (Wildman–Crippen MR) is 222 cm³/mol. The number of nitrogens with zero attached hydrogens (tertiary/aromatic N) is 1. The molecule has 3 aliphatic carbocycles. The van der Waals surface area contributed by atoms with E-state index >= 15 is 0 Å². The predicted octanol–water partition coefficient (Wildman–Crippen LogP) is 7.05. The van der Waals surface area contributed by atoms with Crippen LogP contribution in [0.25, 0.3) is 0 Å². The molecule has 2 amide bonds. The van der Waals surface area contributed by atoms with Crippen LogP contribution >= 0.6 is 11.6 Å². The molecule has 0 radical (unpaired) electrons. The van der Waals surface area contributed by atoms with Crippen molar-refractivity contribution in [2.75, 3.05) is 17.2 Å². The highest BCUT2D eigenvalue weighted by Gasteiger charge is 2.63. The van der Waals surface area contributed by atoms with E-state index in [4.69, 9.17) is 16.3 Å². The number of cyclic esters (lactones) is 1. The topological polar surface area (TPSA) is 207 Å². The molecule has 1 aromatic carbocycles. The lowest BCUT2D eigenvalue weighted by atomic mass is 9.48. The van der Waals surface area contributed by atoms with Crippen LogP contribution in [0.5, 0.6) is 0 Å². The second-order valence-electron chi connectivity index (χ2n) is 17.9. The maximum Gasteiger partial charge on any atom is 0.323 e. The van der Waals surface area contributed by atoms with Gasteiger partial charge < -0.3 is 40.3 Å². The number of amides is 2. The first-order valence-corrected chi connectivity index (χ1v) is 21.0. The summed E-state index contributed by atoms with van der Waals surface area (Å²) in [6.45, 7) is 14.9. The number of rotatable bonds is 7. The van der Waals surface area contributed by atoms with Crippen LogP contribution in [-0.2, 0) is 9.53 Å². The highest BCUT2D eigenvalue weighted by atomic mass is 35.5. The lowest BCUT2D eigenvalue weighted by molar-refractivity contribution is -0.162. The van der Waals surface area contributed by atoms with Gasteiger partial charge >= 0.3 is 12.0 Å². The molecule has 13 atom stereocenters. The molecule has 3 saturated carbocycles. The number of aromatic nitrogens is 2. The Kier molecular flexibility index (Phi) is 14.9. The third-order valence-corrected chi connectivity index (χ3v) is 14.4. The maximum atomic E-state index is 13.0. The monoisotopic (exact) mass is 826 g/mol. The Balaban J connectivity index is 0.000000219. The van der Waals surface area contributed by atoms with Gasteiger partial charge in [-0.1, -0.05) is 71.3 Å². The van der Waals surface area contributed by atoms with E-state index in [-0.39, 0.29) is 64.4 Å². The number of carbonyl (C=O) groups is 2. The number of esters is 1. The van der Waals surface area contributed by atoms with Crippen LogP contribution in [0.4, 0.5) is 16.2 Å². The number of aliphatic hydroxyl groups excluding tert-OH is 4. The SMILES string of the molecule is CC(C)[C@H](C)[C@@H](O)[C@H](O)[C@@H](C)[C@H]1CC[C@H]2[C@@H]3COC(=O)[C@H]4C[C@H](O)[C@H](O)C[C@]4(C)[C@H]3CC[C@]12C.Cc1cc(=O)[nH]o1.O=C(Nc1ccccc1)Nc1ccnc(Cl)c1. The first-order valence-electron chi connectivity index (χ1n) is 20.6. The number of benzene rings is 1. The van der Waals surface area contributed by atoms with Crippen LogP contribution in [0.15, 0.2) is 64.0 Å². The molecule has 1 saturated heterocycles. The van der Waals surface area contributed by atoms with Crippen LogP contribution in [0.3, 0.4) is 0 Å². The van der Waals surface area contributed by atoms with Crippen molar-refractivity contribution in [1.82, 2.24) is 10.1 Å². The summed E-state index contributed by atoms with van der Waals surface area (Å²) in [5.41, 5.74) is 0.795. The number of urea groups is 1. The zero-order valence-corrected chi connectivity index (χ0v) is 35.5. The van der Waals surface area contributed by atoms with Gasteiger partial charge in [0.15, 0.2) is 0 Å². The number of carbonyl (C=O) groups excluding carboxylic acids is 2. The molecule has 4 aliphatic rings. The molecule has 58 heavy (non-hydrogen) atoms. The summed E-state index contributed by atoms with van der Waals surface area (Å²) in [6, 6.07) is 13.5. The number of halogens is 1. The molecule has 7 rings (SSSR count). The van der Waals surface area contributed by atoms with Crippen LogP contribution in [0.1, 0.15) is 85.8 Å². The fourth-order valence-corrected chi connectivity index (χ4v) is 10.8. The highest BCUT2D eigenvalue weighted by Crippen LogP contribution is 2.66. The molecule has 3 heterocycles. The third kappa shape index (κ3) is 10.2. The number of H-pyrrole nitrogens is 1. The van der Waals surface area contributed by atoms with Gasteiger partial charge in [0.25, 0.3) is 5.56 Å². The van der Waals surface area contributed by atoms with E-state index in [1.165, 1.54) is 12.3 Å².